The first kappa shape index (κ1) is 20.1. The second-order valence-electron chi connectivity index (χ2n) is 7.00. The molecule has 0 aromatic heterocycles. The highest BCUT2D eigenvalue weighted by atomic mass is 32.2. The second kappa shape index (κ2) is 8.56. The van der Waals surface area contributed by atoms with Crippen molar-refractivity contribution in [1.82, 2.24) is 4.90 Å². The van der Waals surface area contributed by atoms with Gasteiger partial charge >= 0.3 is 5.97 Å². The fourth-order valence-corrected chi connectivity index (χ4v) is 4.01. The van der Waals surface area contributed by atoms with Gasteiger partial charge in [0.2, 0.25) is 6.10 Å². The van der Waals surface area contributed by atoms with Crippen LogP contribution in [-0.2, 0) is 25.1 Å². The molecule has 0 radical (unpaired) electrons. The lowest BCUT2D eigenvalue weighted by Gasteiger charge is -2.23. The zero-order valence-electron chi connectivity index (χ0n) is 15.7. The first-order valence-corrected chi connectivity index (χ1v) is 11.2. The lowest BCUT2D eigenvalue weighted by atomic mass is 10.1. The van der Waals surface area contributed by atoms with Crippen LogP contribution in [0.3, 0.4) is 0 Å². The van der Waals surface area contributed by atoms with Crippen LogP contribution in [0.5, 0.6) is 0 Å². The van der Waals surface area contributed by atoms with E-state index >= 15 is 0 Å². The molecule has 1 atom stereocenters. The highest BCUT2D eigenvalue weighted by Crippen LogP contribution is 2.24. The Kier molecular flexibility index (Phi) is 6.14. The largest absolute Gasteiger partial charge is 0.444 e. The van der Waals surface area contributed by atoms with Gasteiger partial charge < -0.3 is 9.64 Å². The van der Waals surface area contributed by atoms with E-state index < -0.39 is 21.9 Å². The summed E-state index contributed by atoms with van der Waals surface area (Å²) in [4.78, 5) is 27.3. The standard InChI is InChI=1S/C21H23NO5S/c1-28(25,26)15-16-9-11-18(12-10-16)21(24)27-19(17-7-3-2-4-8-17)20(23)22-13-5-6-14-22/h2-4,7-12,19H,5-6,13-15H2,1H3/t19-/m0/s1. The molecule has 1 saturated heterocycles. The Morgan fingerprint density at radius 3 is 2.18 bits per heavy atom. The normalized spacial score (nSPS) is 15.2. The highest BCUT2D eigenvalue weighted by Gasteiger charge is 2.31. The lowest BCUT2D eigenvalue weighted by molar-refractivity contribution is -0.140. The Balaban J connectivity index is 1.78. The number of nitrogens with zero attached hydrogens (tertiary/aromatic N) is 1. The van der Waals surface area contributed by atoms with Gasteiger partial charge in [-0.25, -0.2) is 13.2 Å². The predicted octanol–water partition coefficient (Wildman–Crippen LogP) is 2.75. The monoisotopic (exact) mass is 401 g/mol. The van der Waals surface area contributed by atoms with Crippen LogP contribution in [0.4, 0.5) is 0 Å². The molecule has 28 heavy (non-hydrogen) atoms. The third-order valence-corrected chi connectivity index (χ3v) is 5.45. The molecule has 0 saturated carbocycles. The molecule has 0 unspecified atom stereocenters. The molecule has 2 aromatic carbocycles. The number of hydrogen-bond acceptors (Lipinski definition) is 5. The van der Waals surface area contributed by atoms with E-state index in [4.69, 9.17) is 4.74 Å². The molecule has 3 rings (SSSR count). The third kappa shape index (κ3) is 5.19. The first-order valence-electron chi connectivity index (χ1n) is 9.15. The fourth-order valence-electron chi connectivity index (χ4n) is 3.21. The van der Waals surface area contributed by atoms with Gasteiger partial charge in [-0.05, 0) is 30.5 Å². The van der Waals surface area contributed by atoms with Crippen LogP contribution in [-0.4, -0.2) is 44.5 Å². The second-order valence-corrected chi connectivity index (χ2v) is 9.14. The summed E-state index contributed by atoms with van der Waals surface area (Å²) in [5, 5.41) is 0. The molecule has 148 valence electrons. The van der Waals surface area contributed by atoms with Crippen molar-refractivity contribution in [1.29, 1.82) is 0 Å². The van der Waals surface area contributed by atoms with Crippen LogP contribution in [0.1, 0.15) is 40.4 Å². The maximum Gasteiger partial charge on any atom is 0.339 e. The van der Waals surface area contributed by atoms with Crippen molar-refractivity contribution in [3.8, 4) is 0 Å². The van der Waals surface area contributed by atoms with E-state index in [1.165, 1.54) is 12.1 Å². The summed E-state index contributed by atoms with van der Waals surface area (Å²) in [6.07, 6.45) is 2.05. The van der Waals surface area contributed by atoms with E-state index in [1.54, 1.807) is 41.3 Å². The van der Waals surface area contributed by atoms with Gasteiger partial charge in [-0.15, -0.1) is 0 Å². The maximum absolute atomic E-state index is 12.9. The smallest absolute Gasteiger partial charge is 0.339 e. The topological polar surface area (TPSA) is 80.7 Å². The van der Waals surface area contributed by atoms with Crippen molar-refractivity contribution < 1.29 is 22.7 Å². The van der Waals surface area contributed by atoms with Crippen molar-refractivity contribution in [2.75, 3.05) is 19.3 Å². The average Bonchev–Trinajstić information content (AvgIpc) is 3.20. The Hall–Kier alpha value is -2.67. The minimum Gasteiger partial charge on any atom is -0.444 e. The number of amides is 1. The van der Waals surface area contributed by atoms with E-state index in [9.17, 15) is 18.0 Å². The van der Waals surface area contributed by atoms with Gasteiger partial charge in [0.1, 0.15) is 0 Å². The Labute approximate surface area is 165 Å². The van der Waals surface area contributed by atoms with Crippen LogP contribution >= 0.6 is 0 Å². The number of likely N-dealkylation sites (tertiary alicyclic amines) is 1. The first-order chi connectivity index (χ1) is 13.3. The summed E-state index contributed by atoms with van der Waals surface area (Å²) in [6, 6.07) is 15.2. The minimum atomic E-state index is -3.15. The molecule has 0 spiro atoms. The van der Waals surface area contributed by atoms with Crippen LogP contribution < -0.4 is 0 Å². The van der Waals surface area contributed by atoms with Gasteiger partial charge in [-0.3, -0.25) is 4.79 Å². The number of carbonyl (C=O) groups is 2. The van der Waals surface area contributed by atoms with Crippen LogP contribution in [0.15, 0.2) is 54.6 Å². The summed E-state index contributed by atoms with van der Waals surface area (Å²) in [5.41, 5.74) is 1.49. The van der Waals surface area contributed by atoms with Crippen molar-refractivity contribution in [3.05, 3.63) is 71.3 Å². The van der Waals surface area contributed by atoms with Gasteiger partial charge in [0, 0.05) is 24.9 Å². The Morgan fingerprint density at radius 2 is 1.61 bits per heavy atom. The Morgan fingerprint density at radius 1 is 1.00 bits per heavy atom. The number of carbonyl (C=O) groups excluding carboxylic acids is 2. The highest BCUT2D eigenvalue weighted by molar-refractivity contribution is 7.89. The van der Waals surface area contributed by atoms with E-state index in [0.29, 0.717) is 24.2 Å². The number of rotatable bonds is 6. The summed E-state index contributed by atoms with van der Waals surface area (Å²) in [7, 11) is -3.15. The van der Waals surface area contributed by atoms with Gasteiger partial charge in [0.25, 0.3) is 5.91 Å². The molecular weight excluding hydrogens is 378 g/mol. The number of benzene rings is 2. The predicted molar refractivity (Wildman–Crippen MR) is 105 cm³/mol. The van der Waals surface area contributed by atoms with Crippen molar-refractivity contribution in [3.63, 3.8) is 0 Å². The quantitative estimate of drug-likeness (QED) is 0.696. The van der Waals surface area contributed by atoms with Crippen molar-refractivity contribution in [2.24, 2.45) is 0 Å². The Bertz CT molecular complexity index is 933. The molecule has 1 heterocycles. The van der Waals surface area contributed by atoms with Crippen LogP contribution in [0.2, 0.25) is 0 Å². The molecule has 0 N–H and O–H groups in total. The van der Waals surface area contributed by atoms with Crippen molar-refractivity contribution >= 4 is 21.7 Å². The van der Waals surface area contributed by atoms with E-state index in [2.05, 4.69) is 0 Å². The SMILES string of the molecule is CS(=O)(=O)Cc1ccc(C(=O)O[C@H](C(=O)N2CCCC2)c2ccccc2)cc1. The van der Waals surface area contributed by atoms with Gasteiger partial charge in [0.05, 0.1) is 11.3 Å². The molecule has 1 fully saturated rings. The maximum atomic E-state index is 12.9. The molecule has 2 aromatic rings. The summed E-state index contributed by atoms with van der Waals surface area (Å²) in [6.45, 7) is 1.33. The van der Waals surface area contributed by atoms with E-state index in [1.807, 2.05) is 6.07 Å². The zero-order valence-corrected chi connectivity index (χ0v) is 16.5. The van der Waals surface area contributed by atoms with Crippen LogP contribution in [0.25, 0.3) is 0 Å². The zero-order chi connectivity index (χ0) is 20.1. The molecule has 1 aliphatic heterocycles. The van der Waals surface area contributed by atoms with Gasteiger partial charge in [-0.1, -0.05) is 42.5 Å². The third-order valence-electron chi connectivity index (χ3n) is 4.59. The van der Waals surface area contributed by atoms with Gasteiger partial charge in [0.15, 0.2) is 9.84 Å². The number of esters is 1. The van der Waals surface area contributed by atoms with E-state index in [-0.39, 0.29) is 17.2 Å². The fraction of sp³-hybridized carbons (Fsp3) is 0.333. The summed E-state index contributed by atoms with van der Waals surface area (Å²) in [5.74, 6) is -0.930. The molecule has 7 heteroatoms. The lowest BCUT2D eigenvalue weighted by Crippen LogP contribution is -2.34. The minimum absolute atomic E-state index is 0.0948. The summed E-state index contributed by atoms with van der Waals surface area (Å²) >= 11 is 0. The molecule has 1 aliphatic rings. The van der Waals surface area contributed by atoms with Gasteiger partial charge in [-0.2, -0.15) is 0 Å². The van der Waals surface area contributed by atoms with Crippen LogP contribution in [0, 0.1) is 0 Å². The number of ether oxygens (including phenoxy) is 1. The number of hydrogen-bond donors (Lipinski definition) is 0. The average molecular weight is 401 g/mol. The molecule has 0 bridgehead atoms. The molecule has 1 amide bonds. The number of sulfone groups is 1. The molecule has 6 nitrogen and oxygen atoms in total. The molecule has 0 aliphatic carbocycles. The molecular formula is C21H23NO5S. The van der Waals surface area contributed by atoms with Crippen molar-refractivity contribution in [2.45, 2.75) is 24.7 Å². The summed E-state index contributed by atoms with van der Waals surface area (Å²) < 4.78 is 28.4. The van der Waals surface area contributed by atoms with E-state index in [0.717, 1.165) is 19.1 Å².